The summed E-state index contributed by atoms with van der Waals surface area (Å²) in [5.41, 5.74) is 2.19. The van der Waals surface area contributed by atoms with E-state index < -0.39 is 0 Å². The number of nitrogens with zero attached hydrogens (tertiary/aromatic N) is 1. The zero-order valence-electron chi connectivity index (χ0n) is 15.4. The van der Waals surface area contributed by atoms with Crippen molar-refractivity contribution in [3.8, 4) is 11.5 Å². The zero-order chi connectivity index (χ0) is 19.1. The molecule has 0 N–H and O–H groups in total. The van der Waals surface area contributed by atoms with E-state index in [1.54, 1.807) is 0 Å². The van der Waals surface area contributed by atoms with Gasteiger partial charge in [-0.3, -0.25) is 9.59 Å². The second-order valence-electron chi connectivity index (χ2n) is 6.46. The van der Waals surface area contributed by atoms with E-state index in [2.05, 4.69) is 17.6 Å². The Hall–Kier alpha value is -3.34. The van der Waals surface area contributed by atoms with Crippen LogP contribution in [0.3, 0.4) is 0 Å². The van der Waals surface area contributed by atoms with Gasteiger partial charge in [0, 0.05) is 42.1 Å². The van der Waals surface area contributed by atoms with Gasteiger partial charge in [0.25, 0.3) is 0 Å². The second-order valence-corrected chi connectivity index (χ2v) is 6.46. The highest BCUT2D eigenvalue weighted by Crippen LogP contribution is 2.37. The Bertz CT molecular complexity index is 1220. The fraction of sp³-hybridized carbons (Fsp3) is 0.182. The monoisotopic (exact) mass is 361 g/mol. The summed E-state index contributed by atoms with van der Waals surface area (Å²) in [5, 5.41) is 4.21. The second kappa shape index (κ2) is 6.43. The summed E-state index contributed by atoms with van der Waals surface area (Å²) in [5.74, 6) is 0.397. The van der Waals surface area contributed by atoms with Crippen molar-refractivity contribution in [2.24, 2.45) is 0 Å². The van der Waals surface area contributed by atoms with Crippen molar-refractivity contribution in [1.29, 1.82) is 0 Å². The van der Waals surface area contributed by atoms with Gasteiger partial charge >= 0.3 is 11.9 Å². The number of aromatic nitrogens is 1. The maximum Gasteiger partial charge on any atom is 0.308 e. The first-order valence-corrected chi connectivity index (χ1v) is 8.83. The van der Waals surface area contributed by atoms with Crippen molar-refractivity contribution in [3.05, 3.63) is 48.5 Å². The van der Waals surface area contributed by atoms with Crippen LogP contribution in [0.4, 0.5) is 0 Å². The fourth-order valence-corrected chi connectivity index (χ4v) is 3.67. The summed E-state index contributed by atoms with van der Waals surface area (Å²) in [6, 6.07) is 15.4. The van der Waals surface area contributed by atoms with Crippen LogP contribution in [-0.2, 0) is 16.1 Å². The molecule has 0 saturated heterocycles. The van der Waals surface area contributed by atoms with Crippen LogP contribution < -0.4 is 9.47 Å². The molecule has 1 aromatic heterocycles. The first-order valence-electron chi connectivity index (χ1n) is 8.83. The number of carbonyl (C=O) groups excluding carboxylic acids is 2. The van der Waals surface area contributed by atoms with E-state index in [-0.39, 0.29) is 11.9 Å². The van der Waals surface area contributed by atoms with Gasteiger partial charge in [-0.05, 0) is 48.7 Å². The van der Waals surface area contributed by atoms with Gasteiger partial charge in [0.1, 0.15) is 11.5 Å². The van der Waals surface area contributed by atoms with E-state index in [0.29, 0.717) is 11.5 Å². The first-order chi connectivity index (χ1) is 13.0. The third-order valence-electron chi connectivity index (χ3n) is 4.62. The van der Waals surface area contributed by atoms with E-state index in [9.17, 15) is 9.59 Å². The molecule has 0 aliphatic rings. The molecule has 0 fully saturated rings. The largest absolute Gasteiger partial charge is 0.427 e. The lowest BCUT2D eigenvalue weighted by Crippen LogP contribution is -2.01. The van der Waals surface area contributed by atoms with Gasteiger partial charge in [-0.25, -0.2) is 0 Å². The van der Waals surface area contributed by atoms with Crippen molar-refractivity contribution >= 4 is 44.5 Å². The number of fused-ring (bicyclic) bond motifs is 5. The fourth-order valence-electron chi connectivity index (χ4n) is 3.67. The van der Waals surface area contributed by atoms with Crippen LogP contribution in [0, 0.1) is 0 Å². The lowest BCUT2D eigenvalue weighted by atomic mass is 10.1. The predicted molar refractivity (Wildman–Crippen MR) is 105 cm³/mol. The van der Waals surface area contributed by atoms with Crippen LogP contribution >= 0.6 is 0 Å². The number of ether oxygens (including phenoxy) is 2. The van der Waals surface area contributed by atoms with Gasteiger partial charge in [-0.15, -0.1) is 0 Å². The molecule has 0 amide bonds. The van der Waals surface area contributed by atoms with Crippen LogP contribution in [0.15, 0.2) is 48.5 Å². The maximum absolute atomic E-state index is 11.3. The molecule has 0 unspecified atom stereocenters. The Balaban J connectivity index is 2.01. The molecule has 0 atom stereocenters. The molecule has 4 rings (SSSR count). The minimum Gasteiger partial charge on any atom is -0.427 e. The molecular formula is C22H19NO4. The molecule has 27 heavy (non-hydrogen) atoms. The zero-order valence-corrected chi connectivity index (χ0v) is 15.4. The van der Waals surface area contributed by atoms with Crippen LogP contribution in [0.1, 0.15) is 20.8 Å². The molecule has 0 aliphatic heterocycles. The molecule has 0 spiro atoms. The van der Waals surface area contributed by atoms with E-state index in [1.807, 2.05) is 42.5 Å². The summed E-state index contributed by atoms with van der Waals surface area (Å²) >= 11 is 0. The Morgan fingerprint density at radius 3 is 2.11 bits per heavy atom. The predicted octanol–water partition coefficient (Wildman–Crippen LogP) is 4.82. The molecule has 0 saturated carbocycles. The van der Waals surface area contributed by atoms with Crippen LogP contribution in [0.2, 0.25) is 0 Å². The highest BCUT2D eigenvalue weighted by molar-refractivity contribution is 6.18. The number of carbonyl (C=O) groups is 2. The van der Waals surface area contributed by atoms with Crippen molar-refractivity contribution in [1.82, 2.24) is 4.57 Å². The van der Waals surface area contributed by atoms with Crippen LogP contribution in [0.5, 0.6) is 11.5 Å². The number of benzene rings is 3. The van der Waals surface area contributed by atoms with Gasteiger partial charge in [0.05, 0.1) is 5.52 Å². The van der Waals surface area contributed by atoms with E-state index in [0.717, 1.165) is 39.1 Å². The number of hydrogen-bond acceptors (Lipinski definition) is 4. The van der Waals surface area contributed by atoms with Crippen LogP contribution in [0.25, 0.3) is 32.6 Å². The highest BCUT2D eigenvalue weighted by atomic mass is 16.5. The standard InChI is InChI=1S/C22H19NO4/c1-4-23-21-10-7-17(27-14(3)25)12-20(21)19-8-5-15-11-16(26-13(2)24)6-9-18(15)22(19)23/h5-12H,4H2,1-3H3. The molecule has 0 bridgehead atoms. The van der Waals surface area contributed by atoms with E-state index in [4.69, 9.17) is 9.47 Å². The van der Waals surface area contributed by atoms with Crippen molar-refractivity contribution in [3.63, 3.8) is 0 Å². The molecule has 1 heterocycles. The van der Waals surface area contributed by atoms with Crippen molar-refractivity contribution in [2.75, 3.05) is 0 Å². The van der Waals surface area contributed by atoms with Gasteiger partial charge < -0.3 is 14.0 Å². The molecule has 5 nitrogen and oxygen atoms in total. The Morgan fingerprint density at radius 2 is 1.44 bits per heavy atom. The molecule has 5 heteroatoms. The minimum absolute atomic E-state index is 0.336. The summed E-state index contributed by atoms with van der Waals surface area (Å²) in [7, 11) is 0. The smallest absolute Gasteiger partial charge is 0.308 e. The van der Waals surface area contributed by atoms with Crippen LogP contribution in [-0.4, -0.2) is 16.5 Å². The van der Waals surface area contributed by atoms with Gasteiger partial charge in [-0.1, -0.05) is 12.1 Å². The number of hydrogen-bond donors (Lipinski definition) is 0. The topological polar surface area (TPSA) is 57.5 Å². The number of rotatable bonds is 3. The molecule has 136 valence electrons. The quantitative estimate of drug-likeness (QED) is 0.388. The summed E-state index contributed by atoms with van der Waals surface area (Å²) in [6.07, 6.45) is 0. The number of aryl methyl sites for hydroxylation is 1. The molecule has 4 aromatic rings. The van der Waals surface area contributed by atoms with E-state index in [1.165, 1.54) is 13.8 Å². The first kappa shape index (κ1) is 17.1. The average molecular weight is 361 g/mol. The molecular weight excluding hydrogens is 342 g/mol. The third kappa shape index (κ3) is 2.91. The van der Waals surface area contributed by atoms with Gasteiger partial charge in [-0.2, -0.15) is 0 Å². The van der Waals surface area contributed by atoms with Gasteiger partial charge in [0.15, 0.2) is 0 Å². The van der Waals surface area contributed by atoms with Crippen molar-refractivity contribution in [2.45, 2.75) is 27.3 Å². The lowest BCUT2D eigenvalue weighted by Gasteiger charge is -2.08. The Labute approximate surface area is 156 Å². The third-order valence-corrected chi connectivity index (χ3v) is 4.62. The maximum atomic E-state index is 11.3. The normalized spacial score (nSPS) is 11.2. The summed E-state index contributed by atoms with van der Waals surface area (Å²) in [4.78, 5) is 22.5. The molecule has 0 radical (unpaired) electrons. The highest BCUT2D eigenvalue weighted by Gasteiger charge is 2.14. The average Bonchev–Trinajstić information content (AvgIpc) is 2.93. The molecule has 3 aromatic carbocycles. The molecule has 0 aliphatic carbocycles. The van der Waals surface area contributed by atoms with Gasteiger partial charge in [0.2, 0.25) is 0 Å². The Morgan fingerprint density at radius 1 is 0.815 bits per heavy atom. The van der Waals surface area contributed by atoms with E-state index >= 15 is 0 Å². The SMILES string of the molecule is CCn1c2ccc(OC(C)=O)cc2c2ccc3cc(OC(C)=O)ccc3c21. The summed E-state index contributed by atoms with van der Waals surface area (Å²) in [6.45, 7) is 5.69. The Kier molecular flexibility index (Phi) is 4.07. The minimum atomic E-state index is -0.337. The summed E-state index contributed by atoms with van der Waals surface area (Å²) < 4.78 is 12.7. The lowest BCUT2D eigenvalue weighted by molar-refractivity contribution is -0.132. The van der Waals surface area contributed by atoms with Crippen molar-refractivity contribution < 1.29 is 19.1 Å². The number of esters is 2.